The summed E-state index contributed by atoms with van der Waals surface area (Å²) in [6.07, 6.45) is 2.59. The van der Waals surface area contributed by atoms with Crippen molar-refractivity contribution >= 4 is 0 Å². The molecule has 0 atom stereocenters. The van der Waals surface area contributed by atoms with Crippen LogP contribution in [0, 0.1) is 0 Å². The molecule has 0 bridgehead atoms. The number of hydrogen-bond donors (Lipinski definition) is 1. The van der Waals surface area contributed by atoms with E-state index in [-0.39, 0.29) is 0 Å². The van der Waals surface area contributed by atoms with Crippen molar-refractivity contribution in [1.29, 1.82) is 0 Å². The highest BCUT2D eigenvalue weighted by Crippen LogP contribution is 1.81. The van der Waals surface area contributed by atoms with Gasteiger partial charge in [-0.15, -0.1) is 0 Å². The molecule has 2 heteroatoms. The molecule has 0 radical (unpaired) electrons. The van der Waals surface area contributed by atoms with Gasteiger partial charge in [0.25, 0.3) is 0 Å². The van der Waals surface area contributed by atoms with Crippen LogP contribution in [0.5, 0.6) is 0 Å². The Morgan fingerprint density at radius 3 is 2.08 bits per heavy atom. The van der Waals surface area contributed by atoms with Crippen molar-refractivity contribution in [3.63, 3.8) is 0 Å². The van der Waals surface area contributed by atoms with E-state index in [9.17, 15) is 0 Å². The van der Waals surface area contributed by atoms with Gasteiger partial charge >= 0.3 is 0 Å². The third-order valence-electron chi connectivity index (χ3n) is 1.44. The lowest BCUT2D eigenvalue weighted by Gasteiger charge is -2.09. The van der Waals surface area contributed by atoms with Crippen LogP contribution in [0.4, 0.5) is 0 Å². The maximum atomic E-state index is 3.38. The van der Waals surface area contributed by atoms with Gasteiger partial charge in [-0.3, -0.25) is 0 Å². The summed E-state index contributed by atoms with van der Waals surface area (Å²) in [7, 11) is 4.20. The zero-order valence-corrected chi connectivity index (χ0v) is 9.48. The van der Waals surface area contributed by atoms with Crippen LogP contribution >= 0.6 is 0 Å². The highest BCUT2D eigenvalue weighted by atomic mass is 15.1. The Hall–Kier alpha value is -0.0800. The highest BCUT2D eigenvalue weighted by Gasteiger charge is 1.87. The molecule has 0 heterocycles. The molecule has 76 valence electrons. The van der Waals surface area contributed by atoms with Gasteiger partial charge in [0, 0.05) is 13.1 Å². The van der Waals surface area contributed by atoms with Crippen LogP contribution in [0.3, 0.4) is 0 Å². The average Bonchev–Trinajstić information content (AvgIpc) is 2.07. The maximum Gasteiger partial charge on any atom is 0.0101 e. The third kappa shape index (κ3) is 16.5. The predicted molar refractivity (Wildman–Crippen MR) is 57.7 cm³/mol. The maximum absolute atomic E-state index is 3.38. The Balaban J connectivity index is 0. The first-order valence-electron chi connectivity index (χ1n) is 5.12. The normalized spacial score (nSPS) is 9.50. The number of nitrogens with one attached hydrogen (secondary N) is 1. The minimum atomic E-state index is 1.12. The predicted octanol–water partition coefficient (Wildman–Crippen LogP) is 1.96. The molecule has 0 aromatic heterocycles. The van der Waals surface area contributed by atoms with Gasteiger partial charge in [-0.05, 0) is 27.1 Å². The lowest BCUT2D eigenvalue weighted by molar-refractivity contribution is 0.399. The molecule has 1 N–H and O–H groups in total. The van der Waals surface area contributed by atoms with Crippen LogP contribution in [-0.2, 0) is 0 Å². The molecule has 0 saturated carbocycles. The Labute approximate surface area is 78.3 Å². The van der Waals surface area contributed by atoms with Crippen molar-refractivity contribution < 1.29 is 0 Å². The van der Waals surface area contributed by atoms with Crippen LogP contribution in [0.25, 0.3) is 0 Å². The first-order chi connectivity index (χ1) is 5.77. The number of unbranched alkanes of at least 4 members (excludes halogenated alkanes) is 1. The molecule has 0 fully saturated rings. The van der Waals surface area contributed by atoms with E-state index in [0.717, 1.165) is 13.1 Å². The summed E-state index contributed by atoms with van der Waals surface area (Å²) >= 11 is 0. The molecule has 0 amide bonds. The van der Waals surface area contributed by atoms with Crippen molar-refractivity contribution in [3.05, 3.63) is 0 Å². The molecule has 0 aromatic carbocycles. The van der Waals surface area contributed by atoms with Crippen LogP contribution in [-0.4, -0.2) is 38.6 Å². The second-order valence-corrected chi connectivity index (χ2v) is 2.91. The SMILES string of the molecule is CC.CCCCNCCN(C)C. The molecule has 0 aliphatic carbocycles. The van der Waals surface area contributed by atoms with Gasteiger partial charge in [0.15, 0.2) is 0 Å². The van der Waals surface area contributed by atoms with Crippen molar-refractivity contribution in [2.24, 2.45) is 0 Å². The lowest BCUT2D eigenvalue weighted by Crippen LogP contribution is -2.27. The standard InChI is InChI=1S/C8H20N2.C2H6/c1-4-5-6-9-7-8-10(2)3;1-2/h9H,4-8H2,1-3H3;1-2H3. The van der Waals surface area contributed by atoms with E-state index in [1.165, 1.54) is 19.4 Å². The molecule has 0 spiro atoms. The Bertz CT molecular complexity index is 62.9. The summed E-state index contributed by atoms with van der Waals surface area (Å²) in [5, 5.41) is 3.38. The van der Waals surface area contributed by atoms with Gasteiger partial charge in [-0.1, -0.05) is 27.2 Å². The van der Waals surface area contributed by atoms with Crippen molar-refractivity contribution in [2.45, 2.75) is 33.6 Å². The zero-order chi connectivity index (χ0) is 9.82. The first-order valence-corrected chi connectivity index (χ1v) is 5.12. The number of hydrogen-bond acceptors (Lipinski definition) is 2. The van der Waals surface area contributed by atoms with Crippen LogP contribution in [0.15, 0.2) is 0 Å². The van der Waals surface area contributed by atoms with E-state index < -0.39 is 0 Å². The van der Waals surface area contributed by atoms with E-state index in [1.54, 1.807) is 0 Å². The van der Waals surface area contributed by atoms with Gasteiger partial charge in [-0.25, -0.2) is 0 Å². The minimum Gasteiger partial charge on any atom is -0.315 e. The highest BCUT2D eigenvalue weighted by molar-refractivity contribution is 4.49. The Morgan fingerprint density at radius 2 is 1.67 bits per heavy atom. The van der Waals surface area contributed by atoms with Gasteiger partial charge in [0.2, 0.25) is 0 Å². The van der Waals surface area contributed by atoms with Crippen LogP contribution in [0.2, 0.25) is 0 Å². The number of likely N-dealkylation sites (N-methyl/N-ethyl adjacent to an activating group) is 1. The largest absolute Gasteiger partial charge is 0.315 e. The Kier molecular flexibility index (Phi) is 16.3. The molecular weight excluding hydrogens is 148 g/mol. The molecule has 0 saturated heterocycles. The summed E-state index contributed by atoms with van der Waals surface area (Å²) in [6.45, 7) is 9.65. The van der Waals surface area contributed by atoms with Crippen molar-refractivity contribution in [2.75, 3.05) is 33.7 Å². The number of rotatable bonds is 6. The number of nitrogens with zero attached hydrogens (tertiary/aromatic N) is 1. The fourth-order valence-electron chi connectivity index (χ4n) is 0.729. The Morgan fingerprint density at radius 1 is 1.08 bits per heavy atom. The van der Waals surface area contributed by atoms with Gasteiger partial charge in [0.1, 0.15) is 0 Å². The molecule has 2 nitrogen and oxygen atoms in total. The fourth-order valence-corrected chi connectivity index (χ4v) is 0.729. The van der Waals surface area contributed by atoms with E-state index >= 15 is 0 Å². The topological polar surface area (TPSA) is 15.3 Å². The average molecular weight is 174 g/mol. The summed E-state index contributed by atoms with van der Waals surface area (Å²) in [4.78, 5) is 2.19. The summed E-state index contributed by atoms with van der Waals surface area (Å²) in [5.74, 6) is 0. The molecule has 0 aliphatic rings. The lowest BCUT2D eigenvalue weighted by atomic mass is 10.3. The summed E-state index contributed by atoms with van der Waals surface area (Å²) < 4.78 is 0. The molecule has 0 rings (SSSR count). The van der Waals surface area contributed by atoms with Crippen LogP contribution < -0.4 is 5.32 Å². The van der Waals surface area contributed by atoms with E-state index in [2.05, 4.69) is 31.2 Å². The third-order valence-corrected chi connectivity index (χ3v) is 1.44. The van der Waals surface area contributed by atoms with E-state index in [1.807, 2.05) is 13.8 Å². The molecular formula is C10H26N2. The quantitative estimate of drug-likeness (QED) is 0.619. The molecule has 0 unspecified atom stereocenters. The minimum absolute atomic E-state index is 1.12. The van der Waals surface area contributed by atoms with Crippen molar-refractivity contribution in [1.82, 2.24) is 10.2 Å². The molecule has 0 aromatic rings. The van der Waals surface area contributed by atoms with Gasteiger partial charge in [-0.2, -0.15) is 0 Å². The smallest absolute Gasteiger partial charge is 0.0101 e. The van der Waals surface area contributed by atoms with Crippen LogP contribution in [0.1, 0.15) is 33.6 Å². The second kappa shape index (κ2) is 13.5. The summed E-state index contributed by atoms with van der Waals surface area (Å²) in [6, 6.07) is 0. The molecule has 0 aliphatic heterocycles. The van der Waals surface area contributed by atoms with E-state index in [4.69, 9.17) is 0 Å². The van der Waals surface area contributed by atoms with Crippen molar-refractivity contribution in [3.8, 4) is 0 Å². The van der Waals surface area contributed by atoms with Gasteiger partial charge in [0.05, 0.1) is 0 Å². The second-order valence-electron chi connectivity index (χ2n) is 2.91. The first kappa shape index (κ1) is 14.4. The summed E-state index contributed by atoms with van der Waals surface area (Å²) in [5.41, 5.74) is 0. The fraction of sp³-hybridized carbons (Fsp3) is 1.00. The zero-order valence-electron chi connectivity index (χ0n) is 9.48. The molecule has 12 heavy (non-hydrogen) atoms. The van der Waals surface area contributed by atoms with E-state index in [0.29, 0.717) is 0 Å². The monoisotopic (exact) mass is 174 g/mol. The van der Waals surface area contributed by atoms with Gasteiger partial charge < -0.3 is 10.2 Å².